The zero-order valence-electron chi connectivity index (χ0n) is 11.2. The SMILES string of the molecule is CCOc1ccccc1CNc1cccc([N+](=O)[O-])c1. The van der Waals surface area contributed by atoms with Crippen LogP contribution in [-0.2, 0) is 6.54 Å². The maximum Gasteiger partial charge on any atom is 0.271 e. The van der Waals surface area contributed by atoms with Gasteiger partial charge in [-0.1, -0.05) is 24.3 Å². The molecule has 0 aliphatic heterocycles. The number of nitro groups is 1. The van der Waals surface area contributed by atoms with Crippen molar-refractivity contribution in [2.24, 2.45) is 0 Å². The van der Waals surface area contributed by atoms with Crippen LogP contribution >= 0.6 is 0 Å². The molecule has 1 N–H and O–H groups in total. The van der Waals surface area contributed by atoms with E-state index in [2.05, 4.69) is 5.32 Å². The zero-order chi connectivity index (χ0) is 14.4. The zero-order valence-corrected chi connectivity index (χ0v) is 11.2. The molecule has 0 bridgehead atoms. The molecule has 0 unspecified atom stereocenters. The number of hydrogen-bond acceptors (Lipinski definition) is 4. The van der Waals surface area contributed by atoms with Crippen LogP contribution in [0, 0.1) is 10.1 Å². The molecule has 5 heteroatoms. The molecule has 0 saturated carbocycles. The molecule has 0 radical (unpaired) electrons. The Morgan fingerprint density at radius 2 is 2.00 bits per heavy atom. The lowest BCUT2D eigenvalue weighted by Crippen LogP contribution is -2.03. The van der Waals surface area contributed by atoms with Gasteiger partial charge in [-0.15, -0.1) is 0 Å². The van der Waals surface area contributed by atoms with Crippen LogP contribution in [0.2, 0.25) is 0 Å². The fourth-order valence-electron chi connectivity index (χ4n) is 1.87. The minimum absolute atomic E-state index is 0.0769. The first-order valence-corrected chi connectivity index (χ1v) is 6.39. The van der Waals surface area contributed by atoms with Crippen molar-refractivity contribution in [2.45, 2.75) is 13.5 Å². The van der Waals surface area contributed by atoms with Crippen molar-refractivity contribution in [1.82, 2.24) is 0 Å². The molecule has 0 aromatic heterocycles. The molecule has 0 amide bonds. The number of nitrogens with zero attached hydrogens (tertiary/aromatic N) is 1. The Balaban J connectivity index is 2.09. The standard InChI is InChI=1S/C15H16N2O3/c1-2-20-15-9-4-3-6-12(15)11-16-13-7-5-8-14(10-13)17(18)19/h3-10,16H,2,11H2,1H3. The van der Waals surface area contributed by atoms with Crippen LogP contribution in [0.15, 0.2) is 48.5 Å². The first kappa shape index (κ1) is 13.9. The molecule has 0 aliphatic carbocycles. The summed E-state index contributed by atoms with van der Waals surface area (Å²) < 4.78 is 5.54. The lowest BCUT2D eigenvalue weighted by Gasteiger charge is -2.11. The molecule has 5 nitrogen and oxygen atoms in total. The third-order valence-corrected chi connectivity index (χ3v) is 2.81. The fraction of sp³-hybridized carbons (Fsp3) is 0.200. The molecule has 2 rings (SSSR count). The van der Waals surface area contributed by atoms with Gasteiger partial charge in [0, 0.05) is 29.9 Å². The predicted octanol–water partition coefficient (Wildman–Crippen LogP) is 3.61. The van der Waals surface area contributed by atoms with E-state index in [0.29, 0.717) is 18.8 Å². The highest BCUT2D eigenvalue weighted by Gasteiger charge is 2.06. The first-order valence-electron chi connectivity index (χ1n) is 6.39. The number of anilines is 1. The van der Waals surface area contributed by atoms with Crippen LogP contribution in [0.3, 0.4) is 0 Å². The Morgan fingerprint density at radius 1 is 1.20 bits per heavy atom. The number of benzene rings is 2. The predicted molar refractivity (Wildman–Crippen MR) is 78.0 cm³/mol. The van der Waals surface area contributed by atoms with Gasteiger partial charge in [-0.05, 0) is 19.1 Å². The van der Waals surface area contributed by atoms with Crippen LogP contribution in [0.4, 0.5) is 11.4 Å². The maximum atomic E-state index is 10.7. The van der Waals surface area contributed by atoms with E-state index in [1.165, 1.54) is 12.1 Å². The van der Waals surface area contributed by atoms with Crippen molar-refractivity contribution in [3.63, 3.8) is 0 Å². The van der Waals surface area contributed by atoms with Gasteiger partial charge >= 0.3 is 0 Å². The van der Waals surface area contributed by atoms with E-state index in [1.807, 2.05) is 31.2 Å². The minimum atomic E-state index is -0.403. The van der Waals surface area contributed by atoms with E-state index >= 15 is 0 Å². The summed E-state index contributed by atoms with van der Waals surface area (Å²) in [4.78, 5) is 10.3. The van der Waals surface area contributed by atoms with E-state index in [1.54, 1.807) is 12.1 Å². The van der Waals surface area contributed by atoms with Crippen molar-refractivity contribution in [3.05, 3.63) is 64.2 Å². The molecule has 20 heavy (non-hydrogen) atoms. The van der Waals surface area contributed by atoms with Crippen LogP contribution < -0.4 is 10.1 Å². The highest BCUT2D eigenvalue weighted by molar-refractivity contribution is 5.51. The van der Waals surface area contributed by atoms with Crippen molar-refractivity contribution < 1.29 is 9.66 Å². The van der Waals surface area contributed by atoms with Gasteiger partial charge in [-0.25, -0.2) is 0 Å². The molecule has 104 valence electrons. The minimum Gasteiger partial charge on any atom is -0.494 e. The Kier molecular flexibility index (Phi) is 4.55. The number of para-hydroxylation sites is 1. The van der Waals surface area contributed by atoms with Crippen LogP contribution in [-0.4, -0.2) is 11.5 Å². The van der Waals surface area contributed by atoms with Crippen molar-refractivity contribution in [3.8, 4) is 5.75 Å². The second-order valence-corrected chi connectivity index (χ2v) is 4.20. The van der Waals surface area contributed by atoms with Gasteiger partial charge in [0.2, 0.25) is 0 Å². The lowest BCUT2D eigenvalue weighted by atomic mass is 10.2. The summed E-state index contributed by atoms with van der Waals surface area (Å²) in [5.41, 5.74) is 1.81. The molecule has 0 fully saturated rings. The summed E-state index contributed by atoms with van der Waals surface area (Å²) in [5.74, 6) is 0.827. The number of nitrogens with one attached hydrogen (secondary N) is 1. The molecular formula is C15H16N2O3. The van der Waals surface area contributed by atoms with Gasteiger partial charge in [0.05, 0.1) is 11.5 Å². The van der Waals surface area contributed by atoms with Gasteiger partial charge in [0.1, 0.15) is 5.75 Å². The molecule has 0 aliphatic rings. The van der Waals surface area contributed by atoms with Gasteiger partial charge < -0.3 is 10.1 Å². The number of hydrogen-bond donors (Lipinski definition) is 1. The first-order chi connectivity index (χ1) is 9.70. The molecule has 0 saturated heterocycles. The topological polar surface area (TPSA) is 64.4 Å². The van der Waals surface area contributed by atoms with Crippen LogP contribution in [0.1, 0.15) is 12.5 Å². The third-order valence-electron chi connectivity index (χ3n) is 2.81. The Labute approximate surface area is 117 Å². The summed E-state index contributed by atoms with van der Waals surface area (Å²) in [5, 5.41) is 13.9. The summed E-state index contributed by atoms with van der Waals surface area (Å²) in [7, 11) is 0. The summed E-state index contributed by atoms with van der Waals surface area (Å²) in [6.07, 6.45) is 0. The van der Waals surface area contributed by atoms with Gasteiger partial charge in [0.25, 0.3) is 5.69 Å². The van der Waals surface area contributed by atoms with Crippen LogP contribution in [0.5, 0.6) is 5.75 Å². The average molecular weight is 272 g/mol. The molecule has 0 atom stereocenters. The normalized spacial score (nSPS) is 10.1. The largest absolute Gasteiger partial charge is 0.494 e. The van der Waals surface area contributed by atoms with Crippen LogP contribution in [0.25, 0.3) is 0 Å². The summed E-state index contributed by atoms with van der Waals surface area (Å²) in [6.45, 7) is 3.09. The van der Waals surface area contributed by atoms with E-state index in [4.69, 9.17) is 4.74 Å². The lowest BCUT2D eigenvalue weighted by molar-refractivity contribution is -0.384. The molecule has 0 spiro atoms. The number of ether oxygens (including phenoxy) is 1. The average Bonchev–Trinajstić information content (AvgIpc) is 2.47. The molecule has 2 aromatic rings. The smallest absolute Gasteiger partial charge is 0.271 e. The quantitative estimate of drug-likeness (QED) is 0.644. The Hall–Kier alpha value is -2.56. The molecule has 2 aromatic carbocycles. The monoisotopic (exact) mass is 272 g/mol. The number of nitro benzene ring substituents is 1. The Bertz CT molecular complexity index is 599. The molecular weight excluding hydrogens is 256 g/mol. The van der Waals surface area contributed by atoms with Gasteiger partial charge in [0.15, 0.2) is 0 Å². The summed E-state index contributed by atoms with van der Waals surface area (Å²) >= 11 is 0. The second kappa shape index (κ2) is 6.56. The Morgan fingerprint density at radius 3 is 2.75 bits per heavy atom. The van der Waals surface area contributed by atoms with Crippen molar-refractivity contribution >= 4 is 11.4 Å². The van der Waals surface area contributed by atoms with Crippen molar-refractivity contribution in [2.75, 3.05) is 11.9 Å². The van der Waals surface area contributed by atoms with Crippen molar-refractivity contribution in [1.29, 1.82) is 0 Å². The van der Waals surface area contributed by atoms with Gasteiger partial charge in [-0.2, -0.15) is 0 Å². The third kappa shape index (κ3) is 3.47. The van der Waals surface area contributed by atoms with E-state index in [-0.39, 0.29) is 5.69 Å². The highest BCUT2D eigenvalue weighted by atomic mass is 16.6. The van der Waals surface area contributed by atoms with E-state index < -0.39 is 4.92 Å². The van der Waals surface area contributed by atoms with E-state index in [9.17, 15) is 10.1 Å². The van der Waals surface area contributed by atoms with Gasteiger partial charge in [-0.3, -0.25) is 10.1 Å². The highest BCUT2D eigenvalue weighted by Crippen LogP contribution is 2.21. The number of rotatable bonds is 6. The maximum absolute atomic E-state index is 10.7. The van der Waals surface area contributed by atoms with E-state index in [0.717, 1.165) is 11.3 Å². The fourth-order valence-corrected chi connectivity index (χ4v) is 1.87. The second-order valence-electron chi connectivity index (χ2n) is 4.20. The summed E-state index contributed by atoms with van der Waals surface area (Å²) in [6, 6.07) is 14.2. The molecule has 0 heterocycles. The number of non-ortho nitro benzene ring substituents is 1.